The number of nitrogens with zero attached hydrogens (tertiary/aromatic N) is 3. The molecule has 2 aromatic carbocycles. The highest BCUT2D eigenvalue weighted by atomic mass is 32.2. The van der Waals surface area contributed by atoms with Crippen LogP contribution in [0.1, 0.15) is 6.92 Å². The van der Waals surface area contributed by atoms with Crippen molar-refractivity contribution in [3.63, 3.8) is 0 Å². The fourth-order valence-electron chi connectivity index (χ4n) is 2.46. The van der Waals surface area contributed by atoms with Gasteiger partial charge in [0.15, 0.2) is 5.16 Å². The van der Waals surface area contributed by atoms with Gasteiger partial charge in [-0.15, -0.1) is 0 Å². The molecule has 1 N–H and O–H groups in total. The molecule has 0 saturated carbocycles. The Labute approximate surface area is 158 Å². The van der Waals surface area contributed by atoms with E-state index in [1.165, 1.54) is 22.8 Å². The molecule has 0 radical (unpaired) electrons. The van der Waals surface area contributed by atoms with Gasteiger partial charge in [0.25, 0.3) is 11.2 Å². The van der Waals surface area contributed by atoms with Gasteiger partial charge in [-0.25, -0.2) is 4.98 Å². The van der Waals surface area contributed by atoms with Crippen LogP contribution < -0.4 is 10.9 Å². The van der Waals surface area contributed by atoms with Crippen molar-refractivity contribution < 1.29 is 9.72 Å². The van der Waals surface area contributed by atoms with Gasteiger partial charge >= 0.3 is 0 Å². The SMILES string of the molecule is C[C@@H](Sc1nc2ccccc2c(=O)n1C)C(=O)Nc1cccc([N+](=O)[O-])c1. The largest absolute Gasteiger partial charge is 0.325 e. The lowest BCUT2D eigenvalue weighted by Crippen LogP contribution is -2.25. The number of fused-ring (bicyclic) bond motifs is 1. The Morgan fingerprint density at radius 1 is 1.26 bits per heavy atom. The Morgan fingerprint density at radius 2 is 2.00 bits per heavy atom. The predicted octanol–water partition coefficient (Wildman–Crippen LogP) is 2.96. The summed E-state index contributed by atoms with van der Waals surface area (Å²) in [5.74, 6) is -0.345. The van der Waals surface area contributed by atoms with E-state index in [0.29, 0.717) is 21.7 Å². The van der Waals surface area contributed by atoms with E-state index in [0.717, 1.165) is 11.8 Å². The summed E-state index contributed by atoms with van der Waals surface area (Å²) in [6.07, 6.45) is 0. The van der Waals surface area contributed by atoms with E-state index >= 15 is 0 Å². The van der Waals surface area contributed by atoms with Crippen molar-refractivity contribution in [2.24, 2.45) is 7.05 Å². The van der Waals surface area contributed by atoms with Crippen LogP contribution in [0.5, 0.6) is 0 Å². The van der Waals surface area contributed by atoms with Crippen molar-refractivity contribution in [3.05, 3.63) is 69.0 Å². The molecule has 0 fully saturated rings. The van der Waals surface area contributed by atoms with Gasteiger partial charge in [-0.1, -0.05) is 30.0 Å². The van der Waals surface area contributed by atoms with Crippen LogP contribution in [0, 0.1) is 10.1 Å². The maximum atomic E-state index is 12.4. The minimum Gasteiger partial charge on any atom is -0.325 e. The molecule has 1 aromatic heterocycles. The molecule has 1 amide bonds. The predicted molar refractivity (Wildman–Crippen MR) is 104 cm³/mol. The van der Waals surface area contributed by atoms with Gasteiger partial charge in [0, 0.05) is 24.9 Å². The first-order valence-corrected chi connectivity index (χ1v) is 8.92. The van der Waals surface area contributed by atoms with Crippen LogP contribution in [-0.2, 0) is 11.8 Å². The molecule has 0 aliphatic carbocycles. The van der Waals surface area contributed by atoms with E-state index in [1.807, 2.05) is 0 Å². The van der Waals surface area contributed by atoms with E-state index < -0.39 is 10.2 Å². The average Bonchev–Trinajstić information content (AvgIpc) is 2.66. The number of rotatable bonds is 5. The molecule has 8 nitrogen and oxygen atoms in total. The number of hydrogen-bond acceptors (Lipinski definition) is 6. The third-order valence-corrected chi connectivity index (χ3v) is 5.06. The Hall–Kier alpha value is -3.20. The highest BCUT2D eigenvalue weighted by Gasteiger charge is 2.19. The van der Waals surface area contributed by atoms with Gasteiger partial charge in [-0.3, -0.25) is 24.3 Å². The van der Waals surface area contributed by atoms with E-state index in [4.69, 9.17) is 0 Å². The van der Waals surface area contributed by atoms with Gasteiger partial charge < -0.3 is 5.32 Å². The molecule has 1 heterocycles. The van der Waals surface area contributed by atoms with E-state index in [-0.39, 0.29) is 17.2 Å². The topological polar surface area (TPSA) is 107 Å². The highest BCUT2D eigenvalue weighted by molar-refractivity contribution is 8.00. The molecular formula is C18H16N4O4S. The van der Waals surface area contributed by atoms with Crippen LogP contribution in [-0.4, -0.2) is 25.6 Å². The van der Waals surface area contributed by atoms with Crippen molar-refractivity contribution >= 4 is 39.9 Å². The zero-order chi connectivity index (χ0) is 19.6. The lowest BCUT2D eigenvalue weighted by atomic mass is 10.2. The second kappa shape index (κ2) is 7.58. The first-order valence-electron chi connectivity index (χ1n) is 8.04. The van der Waals surface area contributed by atoms with E-state index in [1.54, 1.807) is 44.3 Å². The van der Waals surface area contributed by atoms with E-state index in [2.05, 4.69) is 10.3 Å². The number of nitro benzene ring substituents is 1. The number of non-ortho nitro benzene ring substituents is 1. The van der Waals surface area contributed by atoms with Crippen LogP contribution in [0.15, 0.2) is 58.5 Å². The number of nitrogens with one attached hydrogen (secondary N) is 1. The summed E-state index contributed by atoms with van der Waals surface area (Å²) < 4.78 is 1.41. The first kappa shape index (κ1) is 18.6. The third kappa shape index (κ3) is 3.98. The van der Waals surface area contributed by atoms with Crippen LogP contribution in [0.25, 0.3) is 10.9 Å². The zero-order valence-corrected chi connectivity index (χ0v) is 15.4. The molecule has 0 aliphatic heterocycles. The van der Waals surface area contributed by atoms with Gasteiger partial charge in [0.05, 0.1) is 21.1 Å². The monoisotopic (exact) mass is 384 g/mol. The summed E-state index contributed by atoms with van der Waals surface area (Å²) >= 11 is 1.14. The summed E-state index contributed by atoms with van der Waals surface area (Å²) in [4.78, 5) is 39.7. The highest BCUT2D eigenvalue weighted by Crippen LogP contribution is 2.24. The lowest BCUT2D eigenvalue weighted by Gasteiger charge is -2.14. The number of anilines is 1. The fourth-order valence-corrected chi connectivity index (χ4v) is 3.33. The molecule has 0 bridgehead atoms. The number of aromatic nitrogens is 2. The van der Waals surface area contributed by atoms with Crippen molar-refractivity contribution in [2.45, 2.75) is 17.3 Å². The summed E-state index contributed by atoms with van der Waals surface area (Å²) in [6.45, 7) is 1.68. The summed E-state index contributed by atoms with van der Waals surface area (Å²) in [5.41, 5.74) is 0.609. The number of para-hydroxylation sites is 1. The number of nitro groups is 1. The summed E-state index contributed by atoms with van der Waals surface area (Å²) in [6, 6.07) is 12.7. The molecule has 27 heavy (non-hydrogen) atoms. The maximum absolute atomic E-state index is 12.4. The van der Waals surface area contributed by atoms with E-state index in [9.17, 15) is 19.7 Å². The Kier molecular flexibility index (Phi) is 5.22. The normalized spacial score (nSPS) is 11.9. The molecule has 9 heteroatoms. The number of carbonyl (C=O) groups is 1. The molecule has 1 atom stereocenters. The van der Waals surface area contributed by atoms with Gasteiger partial charge in [0.1, 0.15) is 0 Å². The minimum absolute atomic E-state index is 0.105. The molecule has 0 saturated heterocycles. The number of carbonyl (C=O) groups excluding carboxylic acids is 1. The van der Waals surface area contributed by atoms with Crippen LogP contribution >= 0.6 is 11.8 Å². The molecular weight excluding hydrogens is 368 g/mol. The zero-order valence-electron chi connectivity index (χ0n) is 14.6. The molecule has 3 rings (SSSR count). The van der Waals surface area contributed by atoms with Crippen LogP contribution in [0.4, 0.5) is 11.4 Å². The number of thioether (sulfide) groups is 1. The van der Waals surface area contributed by atoms with Gasteiger partial charge in [-0.05, 0) is 25.1 Å². The average molecular weight is 384 g/mol. The number of benzene rings is 2. The summed E-state index contributed by atoms with van der Waals surface area (Å²) in [5, 5.41) is 13.9. The Morgan fingerprint density at radius 3 is 2.74 bits per heavy atom. The maximum Gasteiger partial charge on any atom is 0.271 e. The first-order chi connectivity index (χ1) is 12.9. The Balaban J connectivity index is 1.80. The Bertz CT molecular complexity index is 1100. The minimum atomic E-state index is -0.566. The number of amides is 1. The molecule has 3 aromatic rings. The summed E-state index contributed by atoms with van der Waals surface area (Å²) in [7, 11) is 1.61. The van der Waals surface area contributed by atoms with Crippen molar-refractivity contribution in [1.82, 2.24) is 9.55 Å². The van der Waals surface area contributed by atoms with Gasteiger partial charge in [-0.2, -0.15) is 0 Å². The second-order valence-corrected chi connectivity index (χ2v) is 7.14. The van der Waals surface area contributed by atoms with Crippen LogP contribution in [0.2, 0.25) is 0 Å². The van der Waals surface area contributed by atoms with Gasteiger partial charge in [0.2, 0.25) is 5.91 Å². The second-order valence-electron chi connectivity index (χ2n) is 5.83. The quantitative estimate of drug-likeness (QED) is 0.314. The molecule has 138 valence electrons. The molecule has 0 aliphatic rings. The lowest BCUT2D eigenvalue weighted by molar-refractivity contribution is -0.384. The van der Waals surface area contributed by atoms with Crippen molar-refractivity contribution in [3.8, 4) is 0 Å². The molecule has 0 spiro atoms. The fraction of sp³-hybridized carbons (Fsp3) is 0.167. The third-order valence-electron chi connectivity index (χ3n) is 3.92. The van der Waals surface area contributed by atoms with Crippen LogP contribution in [0.3, 0.4) is 0 Å². The van der Waals surface area contributed by atoms with Crippen molar-refractivity contribution in [2.75, 3.05) is 5.32 Å². The smallest absolute Gasteiger partial charge is 0.271 e. The standard InChI is InChI=1S/C18H16N4O4S/c1-11(16(23)19-12-6-5-7-13(10-12)22(25)26)27-18-20-15-9-4-3-8-14(15)17(24)21(18)2/h3-11H,1-2H3,(H,19,23)/t11-/m1/s1. The van der Waals surface area contributed by atoms with Crippen molar-refractivity contribution in [1.29, 1.82) is 0 Å². The molecule has 0 unspecified atom stereocenters. The number of hydrogen-bond donors (Lipinski definition) is 1.